The Kier molecular flexibility index (Phi) is 5.90. The van der Waals surface area contributed by atoms with Crippen molar-refractivity contribution in [3.05, 3.63) is 10.8 Å². The lowest BCUT2D eigenvalue weighted by Crippen LogP contribution is -2.56. The maximum Gasteiger partial charge on any atom is 0.0715 e. The summed E-state index contributed by atoms with van der Waals surface area (Å²) in [5, 5.41) is 5.86. The van der Waals surface area contributed by atoms with Crippen LogP contribution in [0.1, 0.15) is 48.5 Å². The first kappa shape index (κ1) is 17.1. The molecule has 0 heterocycles. The number of hydrogen-bond donors (Lipinski definition) is 1. The van der Waals surface area contributed by atoms with Crippen molar-refractivity contribution in [1.29, 1.82) is 0 Å². The molecule has 17 heavy (non-hydrogen) atoms. The van der Waals surface area contributed by atoms with Crippen molar-refractivity contribution in [3.63, 3.8) is 0 Å². The summed E-state index contributed by atoms with van der Waals surface area (Å²) < 4.78 is 0. The molecule has 0 spiro atoms. The van der Waals surface area contributed by atoms with Gasteiger partial charge in [0.05, 0.1) is 8.07 Å². The Hall–Kier alpha value is 0.134. The molecule has 0 saturated heterocycles. The molecule has 0 aliphatic rings. The zero-order valence-electron chi connectivity index (χ0n) is 13.7. The van der Waals surface area contributed by atoms with Gasteiger partial charge in [0.2, 0.25) is 0 Å². The minimum Gasteiger partial charge on any atom is -0.311 e. The molecule has 0 aliphatic carbocycles. The Bertz CT molecular complexity index is 283. The number of nitrogens with one attached hydrogen (secondary N) is 1. The van der Waals surface area contributed by atoms with E-state index in [1.165, 1.54) is 10.2 Å². The highest BCUT2D eigenvalue weighted by Gasteiger charge is 2.40. The van der Waals surface area contributed by atoms with Crippen LogP contribution in [-0.2, 0) is 0 Å². The standard InChI is InChI=1S/C14H33NSi2/c1-10(12(3)16)11(2)15-13(4)17(8,9)14(5,6)7/h11,13,15H,1-9,16H3. The SMILES string of the molecule is CC([SiH3])=C(C)C(C)NC(C)[Si](C)(C)C(C)(C)C. The maximum absolute atomic E-state index is 3.83. The molecule has 102 valence electrons. The van der Waals surface area contributed by atoms with Crippen molar-refractivity contribution < 1.29 is 0 Å². The molecule has 0 aromatic carbocycles. The van der Waals surface area contributed by atoms with Gasteiger partial charge < -0.3 is 5.32 Å². The van der Waals surface area contributed by atoms with Gasteiger partial charge in [-0.05, 0) is 31.5 Å². The summed E-state index contributed by atoms with van der Waals surface area (Å²) >= 11 is 0. The van der Waals surface area contributed by atoms with Gasteiger partial charge in [0.1, 0.15) is 0 Å². The molecule has 0 rings (SSSR count). The van der Waals surface area contributed by atoms with Crippen LogP contribution in [0.15, 0.2) is 10.8 Å². The monoisotopic (exact) mass is 271 g/mol. The van der Waals surface area contributed by atoms with Crippen molar-refractivity contribution in [2.45, 2.75) is 78.3 Å². The Labute approximate surface area is 113 Å². The highest BCUT2D eigenvalue weighted by Crippen LogP contribution is 2.38. The van der Waals surface area contributed by atoms with E-state index in [1.54, 1.807) is 10.8 Å². The van der Waals surface area contributed by atoms with Gasteiger partial charge in [-0.3, -0.25) is 0 Å². The number of allylic oxidation sites excluding steroid dienone is 1. The van der Waals surface area contributed by atoms with Crippen LogP contribution in [0.3, 0.4) is 0 Å². The smallest absolute Gasteiger partial charge is 0.0715 e. The first-order valence-electron chi connectivity index (χ1n) is 6.81. The highest BCUT2D eigenvalue weighted by molar-refractivity contribution is 6.81. The zero-order chi connectivity index (χ0) is 14.0. The van der Waals surface area contributed by atoms with Crippen LogP contribution >= 0.6 is 0 Å². The predicted octanol–water partition coefficient (Wildman–Crippen LogP) is 3.06. The molecule has 0 radical (unpaired) electrons. The van der Waals surface area contributed by atoms with E-state index in [1.807, 2.05) is 0 Å². The van der Waals surface area contributed by atoms with Crippen LogP contribution in [0.2, 0.25) is 18.1 Å². The Morgan fingerprint density at radius 2 is 1.53 bits per heavy atom. The van der Waals surface area contributed by atoms with E-state index in [0.29, 0.717) is 16.7 Å². The third-order valence-electron chi connectivity index (χ3n) is 4.95. The molecule has 3 heteroatoms. The van der Waals surface area contributed by atoms with Gasteiger partial charge in [0, 0.05) is 16.3 Å². The fourth-order valence-corrected chi connectivity index (χ4v) is 4.19. The van der Waals surface area contributed by atoms with Crippen LogP contribution in [0, 0.1) is 0 Å². The lowest BCUT2D eigenvalue weighted by atomic mass is 10.1. The summed E-state index contributed by atoms with van der Waals surface area (Å²) in [4.78, 5) is 0. The molecule has 1 N–H and O–H groups in total. The van der Waals surface area contributed by atoms with Gasteiger partial charge in [-0.15, -0.1) is 0 Å². The molecule has 0 aliphatic heterocycles. The van der Waals surface area contributed by atoms with Crippen molar-refractivity contribution in [1.82, 2.24) is 5.32 Å². The molecular weight excluding hydrogens is 238 g/mol. The van der Waals surface area contributed by atoms with Crippen LogP contribution in [0.25, 0.3) is 0 Å². The molecule has 0 aromatic heterocycles. The van der Waals surface area contributed by atoms with E-state index in [2.05, 4.69) is 66.9 Å². The zero-order valence-corrected chi connectivity index (χ0v) is 16.7. The second-order valence-corrected chi connectivity index (χ2v) is 14.6. The van der Waals surface area contributed by atoms with Gasteiger partial charge in [-0.2, -0.15) is 0 Å². The summed E-state index contributed by atoms with van der Waals surface area (Å²) in [5.41, 5.74) is 2.19. The minimum atomic E-state index is -1.27. The van der Waals surface area contributed by atoms with Crippen molar-refractivity contribution in [2.75, 3.05) is 0 Å². The van der Waals surface area contributed by atoms with E-state index in [4.69, 9.17) is 0 Å². The molecule has 0 amide bonds. The molecule has 2 atom stereocenters. The van der Waals surface area contributed by atoms with Crippen LogP contribution < -0.4 is 5.32 Å². The largest absolute Gasteiger partial charge is 0.311 e. The van der Waals surface area contributed by atoms with Crippen LogP contribution in [0.4, 0.5) is 0 Å². The molecule has 0 bridgehead atoms. The Balaban J connectivity index is 4.78. The van der Waals surface area contributed by atoms with Gasteiger partial charge >= 0.3 is 0 Å². The average Bonchev–Trinajstić information content (AvgIpc) is 2.14. The Morgan fingerprint density at radius 3 is 1.82 bits per heavy atom. The van der Waals surface area contributed by atoms with E-state index >= 15 is 0 Å². The lowest BCUT2D eigenvalue weighted by Gasteiger charge is -2.43. The summed E-state index contributed by atoms with van der Waals surface area (Å²) in [6.45, 7) is 21.4. The van der Waals surface area contributed by atoms with Crippen molar-refractivity contribution in [3.8, 4) is 0 Å². The van der Waals surface area contributed by atoms with E-state index in [-0.39, 0.29) is 0 Å². The number of hydrogen-bond acceptors (Lipinski definition) is 1. The summed E-state index contributed by atoms with van der Waals surface area (Å²) in [7, 11) is -0.0917. The highest BCUT2D eigenvalue weighted by atomic mass is 28.3. The molecule has 0 aromatic rings. The number of rotatable bonds is 4. The third kappa shape index (κ3) is 4.38. The summed E-state index contributed by atoms with van der Waals surface area (Å²) in [5.74, 6) is 0. The Morgan fingerprint density at radius 1 is 1.12 bits per heavy atom. The quantitative estimate of drug-likeness (QED) is 0.775. The first-order valence-corrected chi connectivity index (χ1v) is 10.9. The lowest BCUT2D eigenvalue weighted by molar-refractivity contribution is 0.559. The molecule has 2 unspecified atom stereocenters. The van der Waals surface area contributed by atoms with Crippen molar-refractivity contribution in [2.24, 2.45) is 0 Å². The van der Waals surface area contributed by atoms with Crippen LogP contribution in [-0.4, -0.2) is 30.0 Å². The fourth-order valence-electron chi connectivity index (χ4n) is 1.79. The fraction of sp³-hybridized carbons (Fsp3) is 0.857. The van der Waals surface area contributed by atoms with Crippen molar-refractivity contribution >= 4 is 18.3 Å². The van der Waals surface area contributed by atoms with Gasteiger partial charge in [-0.1, -0.05) is 51.6 Å². The molecule has 0 saturated carbocycles. The minimum absolute atomic E-state index is 0.451. The van der Waals surface area contributed by atoms with Gasteiger partial charge in [-0.25, -0.2) is 0 Å². The topological polar surface area (TPSA) is 12.0 Å². The van der Waals surface area contributed by atoms with E-state index in [9.17, 15) is 0 Å². The van der Waals surface area contributed by atoms with Gasteiger partial charge in [0.15, 0.2) is 0 Å². The normalized spacial score (nSPS) is 18.9. The van der Waals surface area contributed by atoms with Gasteiger partial charge in [0.25, 0.3) is 0 Å². The molecule has 1 nitrogen and oxygen atoms in total. The first-order chi connectivity index (χ1) is 7.41. The predicted molar refractivity (Wildman–Crippen MR) is 87.6 cm³/mol. The second-order valence-electron chi connectivity index (χ2n) is 7.26. The van der Waals surface area contributed by atoms with E-state index < -0.39 is 8.07 Å². The van der Waals surface area contributed by atoms with E-state index in [0.717, 1.165) is 0 Å². The second kappa shape index (κ2) is 5.85. The molecular formula is C14H33NSi2. The average molecular weight is 272 g/mol. The summed E-state index contributed by atoms with van der Waals surface area (Å²) in [6, 6.07) is 0.525. The maximum atomic E-state index is 3.83. The van der Waals surface area contributed by atoms with Crippen LogP contribution in [0.5, 0.6) is 0 Å². The molecule has 0 fully saturated rings. The third-order valence-corrected chi connectivity index (χ3v) is 11.9. The summed E-state index contributed by atoms with van der Waals surface area (Å²) in [6.07, 6.45) is 0.